The second-order valence-electron chi connectivity index (χ2n) is 7.44. The summed E-state index contributed by atoms with van der Waals surface area (Å²) in [6, 6.07) is 3.96. The van der Waals surface area contributed by atoms with E-state index in [1.165, 1.54) is 95.2 Å². The molecule has 1 rings (SSSR count). The molecule has 0 amide bonds. The Labute approximate surface area is 164 Å². The predicted octanol–water partition coefficient (Wildman–Crippen LogP) is 6.74. The largest absolute Gasteiger partial charge is 0.504 e. The minimum absolute atomic E-state index is 0.237. The highest BCUT2D eigenvalue weighted by atomic mass is 16.5. The second kappa shape index (κ2) is 15.4. The monoisotopic (exact) mass is 378 g/mol. The smallest absolute Gasteiger partial charge is 0.338 e. The van der Waals surface area contributed by atoms with Gasteiger partial charge < -0.3 is 14.9 Å². The van der Waals surface area contributed by atoms with E-state index in [4.69, 9.17) is 4.74 Å². The molecule has 0 fully saturated rings. The molecule has 27 heavy (non-hydrogen) atoms. The van der Waals surface area contributed by atoms with Gasteiger partial charge in [-0.1, -0.05) is 90.4 Å². The number of hydrogen-bond donors (Lipinski definition) is 2. The Morgan fingerprint density at radius 2 is 1.22 bits per heavy atom. The molecule has 1 aromatic carbocycles. The number of ether oxygens (including phenoxy) is 1. The number of phenolic OH excluding ortho intramolecular Hbond substituents is 2. The van der Waals surface area contributed by atoms with Gasteiger partial charge in [0.25, 0.3) is 0 Å². The Bertz CT molecular complexity index is 513. The summed E-state index contributed by atoms with van der Waals surface area (Å²) >= 11 is 0. The molecule has 0 bridgehead atoms. The molecule has 0 atom stereocenters. The van der Waals surface area contributed by atoms with E-state index in [1.807, 2.05) is 0 Å². The van der Waals surface area contributed by atoms with Gasteiger partial charge in [-0.15, -0.1) is 0 Å². The van der Waals surface area contributed by atoms with Crippen LogP contribution in [0, 0.1) is 0 Å². The molecular weight excluding hydrogens is 340 g/mol. The molecule has 0 unspecified atom stereocenters. The number of benzene rings is 1. The number of rotatable bonds is 16. The summed E-state index contributed by atoms with van der Waals surface area (Å²) < 4.78 is 5.20. The summed E-state index contributed by atoms with van der Waals surface area (Å²) in [4.78, 5) is 11.8. The second-order valence-corrected chi connectivity index (χ2v) is 7.44. The van der Waals surface area contributed by atoms with Crippen molar-refractivity contribution in [3.8, 4) is 11.5 Å². The maximum Gasteiger partial charge on any atom is 0.338 e. The number of carbonyl (C=O) groups is 1. The van der Waals surface area contributed by atoms with Crippen LogP contribution in [0.25, 0.3) is 0 Å². The lowest BCUT2D eigenvalue weighted by Gasteiger charge is -2.06. The Morgan fingerprint density at radius 3 is 1.70 bits per heavy atom. The van der Waals surface area contributed by atoms with Crippen LogP contribution in [0.2, 0.25) is 0 Å². The highest BCUT2D eigenvalue weighted by Gasteiger charge is 2.09. The predicted molar refractivity (Wildman–Crippen MR) is 110 cm³/mol. The zero-order valence-corrected chi connectivity index (χ0v) is 17.0. The van der Waals surface area contributed by atoms with E-state index in [1.54, 1.807) is 0 Å². The van der Waals surface area contributed by atoms with Gasteiger partial charge in [-0.25, -0.2) is 4.79 Å². The average Bonchev–Trinajstić information content (AvgIpc) is 2.66. The fraction of sp³-hybridized carbons (Fsp3) is 0.696. The maximum absolute atomic E-state index is 11.8. The van der Waals surface area contributed by atoms with E-state index in [9.17, 15) is 15.0 Å². The zero-order valence-electron chi connectivity index (χ0n) is 17.0. The topological polar surface area (TPSA) is 66.8 Å². The first kappa shape index (κ1) is 23.3. The first-order valence-corrected chi connectivity index (χ1v) is 10.8. The molecule has 2 N–H and O–H groups in total. The van der Waals surface area contributed by atoms with Crippen LogP contribution in [-0.4, -0.2) is 22.8 Å². The third-order valence-corrected chi connectivity index (χ3v) is 4.94. The van der Waals surface area contributed by atoms with Crippen molar-refractivity contribution in [1.82, 2.24) is 0 Å². The summed E-state index contributed by atoms with van der Waals surface area (Å²) in [6.45, 7) is 2.66. The minimum atomic E-state index is -0.458. The van der Waals surface area contributed by atoms with Gasteiger partial charge >= 0.3 is 5.97 Å². The molecule has 0 aromatic heterocycles. The van der Waals surface area contributed by atoms with Crippen molar-refractivity contribution in [2.24, 2.45) is 0 Å². The molecule has 4 nitrogen and oxygen atoms in total. The van der Waals surface area contributed by atoms with E-state index in [2.05, 4.69) is 6.92 Å². The minimum Gasteiger partial charge on any atom is -0.504 e. The van der Waals surface area contributed by atoms with Crippen molar-refractivity contribution in [2.45, 2.75) is 96.8 Å². The number of esters is 1. The Kier molecular flexibility index (Phi) is 13.3. The molecular formula is C23H38O4. The van der Waals surface area contributed by atoms with Crippen LogP contribution < -0.4 is 0 Å². The molecule has 0 saturated heterocycles. The average molecular weight is 379 g/mol. The lowest BCUT2D eigenvalue weighted by molar-refractivity contribution is 0.0497. The highest BCUT2D eigenvalue weighted by Crippen LogP contribution is 2.25. The van der Waals surface area contributed by atoms with E-state index in [0.717, 1.165) is 12.8 Å². The summed E-state index contributed by atoms with van der Waals surface area (Å²) in [6.07, 6.45) is 18.1. The van der Waals surface area contributed by atoms with Crippen LogP contribution in [0.5, 0.6) is 11.5 Å². The third kappa shape index (κ3) is 11.6. The van der Waals surface area contributed by atoms with Gasteiger partial charge in [0, 0.05) is 0 Å². The van der Waals surface area contributed by atoms with Gasteiger partial charge in [0.1, 0.15) is 0 Å². The zero-order chi connectivity index (χ0) is 19.7. The van der Waals surface area contributed by atoms with Crippen molar-refractivity contribution in [2.75, 3.05) is 6.61 Å². The van der Waals surface area contributed by atoms with Gasteiger partial charge in [0.2, 0.25) is 0 Å². The summed E-state index contributed by atoms with van der Waals surface area (Å²) in [7, 11) is 0. The van der Waals surface area contributed by atoms with E-state index in [0.29, 0.717) is 6.61 Å². The van der Waals surface area contributed by atoms with Crippen molar-refractivity contribution < 1.29 is 19.7 Å². The van der Waals surface area contributed by atoms with Gasteiger partial charge in [0.15, 0.2) is 11.5 Å². The summed E-state index contributed by atoms with van der Waals surface area (Å²) in [5.41, 5.74) is 0.260. The molecule has 0 aliphatic heterocycles. The Morgan fingerprint density at radius 1 is 0.741 bits per heavy atom. The van der Waals surface area contributed by atoms with E-state index in [-0.39, 0.29) is 17.1 Å². The van der Waals surface area contributed by atoms with Crippen molar-refractivity contribution >= 4 is 5.97 Å². The molecule has 4 heteroatoms. The van der Waals surface area contributed by atoms with Crippen LogP contribution in [0.1, 0.15) is 107 Å². The van der Waals surface area contributed by atoms with Crippen LogP contribution in [0.15, 0.2) is 18.2 Å². The van der Waals surface area contributed by atoms with Crippen LogP contribution in [0.4, 0.5) is 0 Å². The lowest BCUT2D eigenvalue weighted by atomic mass is 10.0. The first-order valence-electron chi connectivity index (χ1n) is 10.8. The van der Waals surface area contributed by atoms with Gasteiger partial charge in [-0.05, 0) is 24.6 Å². The molecule has 154 valence electrons. The molecule has 0 aliphatic carbocycles. The van der Waals surface area contributed by atoms with Gasteiger partial charge in [-0.3, -0.25) is 0 Å². The van der Waals surface area contributed by atoms with Crippen LogP contribution in [0.3, 0.4) is 0 Å². The normalized spacial score (nSPS) is 10.9. The molecule has 0 heterocycles. The molecule has 0 radical (unpaired) electrons. The number of hydrogen-bond acceptors (Lipinski definition) is 4. The Hall–Kier alpha value is -1.71. The quantitative estimate of drug-likeness (QED) is 0.190. The summed E-state index contributed by atoms with van der Waals surface area (Å²) in [5, 5.41) is 18.6. The van der Waals surface area contributed by atoms with E-state index >= 15 is 0 Å². The highest BCUT2D eigenvalue weighted by molar-refractivity contribution is 5.90. The fourth-order valence-electron chi connectivity index (χ4n) is 3.20. The molecule has 0 aliphatic rings. The van der Waals surface area contributed by atoms with Crippen LogP contribution >= 0.6 is 0 Å². The number of unbranched alkanes of at least 4 members (excludes halogenated alkanes) is 13. The van der Waals surface area contributed by atoms with Crippen molar-refractivity contribution in [3.63, 3.8) is 0 Å². The lowest BCUT2D eigenvalue weighted by Crippen LogP contribution is -2.06. The van der Waals surface area contributed by atoms with Crippen LogP contribution in [-0.2, 0) is 4.74 Å². The van der Waals surface area contributed by atoms with Gasteiger partial charge in [-0.2, -0.15) is 0 Å². The number of carbonyl (C=O) groups excluding carboxylic acids is 1. The first-order chi connectivity index (χ1) is 13.1. The van der Waals surface area contributed by atoms with Gasteiger partial charge in [0.05, 0.1) is 12.2 Å². The van der Waals surface area contributed by atoms with Crippen molar-refractivity contribution in [1.29, 1.82) is 0 Å². The third-order valence-electron chi connectivity index (χ3n) is 4.94. The maximum atomic E-state index is 11.8. The Balaban J connectivity index is 1.87. The molecule has 0 spiro atoms. The molecule has 0 saturated carbocycles. The summed E-state index contributed by atoms with van der Waals surface area (Å²) in [5.74, 6) is -1.00. The standard InChI is InChI=1S/C23H38O4/c1-2-3-4-5-6-7-8-9-10-11-12-13-14-15-18-27-23(26)20-16-17-21(24)22(25)19-20/h16-17,19,24-25H,2-15,18H2,1H3. The van der Waals surface area contributed by atoms with E-state index < -0.39 is 5.97 Å². The number of phenols is 2. The fourth-order valence-corrected chi connectivity index (χ4v) is 3.20. The van der Waals surface area contributed by atoms with Crippen molar-refractivity contribution in [3.05, 3.63) is 23.8 Å². The SMILES string of the molecule is CCCCCCCCCCCCCCCCOC(=O)c1ccc(O)c(O)c1. The number of aromatic hydroxyl groups is 2. The molecule has 1 aromatic rings.